The van der Waals surface area contributed by atoms with E-state index < -0.39 is 0 Å². The largest absolute Gasteiger partial charge is 0.376 e. The zero-order valence-electron chi connectivity index (χ0n) is 11.6. The van der Waals surface area contributed by atoms with Crippen molar-refractivity contribution in [1.82, 2.24) is 9.13 Å². The van der Waals surface area contributed by atoms with Gasteiger partial charge in [-0.15, -0.1) is 0 Å². The second-order valence-electron chi connectivity index (χ2n) is 5.34. The van der Waals surface area contributed by atoms with Crippen LogP contribution in [0.1, 0.15) is 24.4 Å². The van der Waals surface area contributed by atoms with E-state index in [0.29, 0.717) is 5.02 Å². The van der Waals surface area contributed by atoms with Gasteiger partial charge in [-0.3, -0.25) is 9.13 Å². The van der Waals surface area contributed by atoms with Crippen LogP contribution in [-0.2, 0) is 18.8 Å². The van der Waals surface area contributed by atoms with Gasteiger partial charge in [0.1, 0.15) is 0 Å². The van der Waals surface area contributed by atoms with Crippen LogP contribution in [0.4, 0.5) is 0 Å². The summed E-state index contributed by atoms with van der Waals surface area (Å²) in [6, 6.07) is 3.46. The first kappa shape index (κ1) is 13.7. The Morgan fingerprint density at radius 3 is 2.60 bits per heavy atom. The number of nitrogens with two attached hydrogens (primary N) is 1. The van der Waals surface area contributed by atoms with Crippen molar-refractivity contribution in [2.45, 2.75) is 25.0 Å². The van der Waals surface area contributed by atoms with E-state index >= 15 is 0 Å². The van der Waals surface area contributed by atoms with E-state index in [1.165, 1.54) is 0 Å². The highest BCUT2D eigenvalue weighted by Gasteiger charge is 2.26. The first-order valence-corrected chi connectivity index (χ1v) is 7.10. The highest BCUT2D eigenvalue weighted by molar-refractivity contribution is 6.32. The topological polar surface area (TPSA) is 62.2 Å². The van der Waals surface area contributed by atoms with Crippen LogP contribution in [0.5, 0.6) is 0 Å². The fourth-order valence-electron chi connectivity index (χ4n) is 2.88. The lowest BCUT2D eigenvalue weighted by atomic mass is 9.99. The van der Waals surface area contributed by atoms with Crippen molar-refractivity contribution < 1.29 is 4.74 Å². The molecule has 0 aliphatic carbocycles. The van der Waals surface area contributed by atoms with Crippen LogP contribution in [0, 0.1) is 0 Å². The summed E-state index contributed by atoms with van der Waals surface area (Å²) in [4.78, 5) is 12.0. The van der Waals surface area contributed by atoms with Crippen molar-refractivity contribution in [2.75, 3.05) is 6.61 Å². The molecule has 1 aliphatic rings. The summed E-state index contributed by atoms with van der Waals surface area (Å²) in [7, 11) is 3.49. The monoisotopic (exact) mass is 295 g/mol. The number of ether oxygens (including phenoxy) is 1. The molecule has 0 amide bonds. The van der Waals surface area contributed by atoms with Crippen LogP contribution < -0.4 is 11.4 Å². The summed E-state index contributed by atoms with van der Waals surface area (Å²) in [5, 5.41) is 0.585. The molecule has 0 spiro atoms. The fourth-order valence-corrected chi connectivity index (χ4v) is 3.16. The minimum atomic E-state index is -0.260. The average Bonchev–Trinajstić information content (AvgIpc) is 3.03. The van der Waals surface area contributed by atoms with Gasteiger partial charge in [0.25, 0.3) is 0 Å². The standard InChI is InChI=1S/C14H18ClN3O2/c1-17-10-6-8(13(16)12-4-3-5-20-12)9(15)7-11(10)18(2)14(17)19/h6-7,12-13H,3-5,16H2,1-2H3. The molecule has 6 heteroatoms. The summed E-state index contributed by atoms with van der Waals surface area (Å²) >= 11 is 6.35. The van der Waals surface area contributed by atoms with Crippen LogP contribution >= 0.6 is 11.6 Å². The smallest absolute Gasteiger partial charge is 0.328 e. The molecular weight excluding hydrogens is 278 g/mol. The number of benzene rings is 1. The Balaban J connectivity index is 2.14. The molecule has 0 radical (unpaired) electrons. The minimum Gasteiger partial charge on any atom is -0.376 e. The molecule has 1 saturated heterocycles. The number of fused-ring (bicyclic) bond motifs is 1. The van der Waals surface area contributed by atoms with Crippen LogP contribution in [-0.4, -0.2) is 21.8 Å². The second kappa shape index (κ2) is 4.91. The summed E-state index contributed by atoms with van der Waals surface area (Å²) in [5.41, 5.74) is 8.70. The number of aromatic nitrogens is 2. The third-order valence-corrected chi connectivity index (χ3v) is 4.44. The molecule has 2 unspecified atom stereocenters. The van der Waals surface area contributed by atoms with Gasteiger partial charge in [-0.1, -0.05) is 11.6 Å². The molecule has 0 bridgehead atoms. The van der Waals surface area contributed by atoms with Crippen LogP contribution in [0.3, 0.4) is 0 Å². The first-order chi connectivity index (χ1) is 9.50. The highest BCUT2D eigenvalue weighted by atomic mass is 35.5. The molecule has 1 fully saturated rings. The number of rotatable bonds is 2. The van der Waals surface area contributed by atoms with Gasteiger partial charge in [0, 0.05) is 25.7 Å². The Kier molecular flexibility index (Phi) is 3.36. The van der Waals surface area contributed by atoms with E-state index in [1.807, 2.05) is 12.1 Å². The lowest BCUT2D eigenvalue weighted by molar-refractivity contribution is 0.0901. The molecule has 108 valence electrons. The third-order valence-electron chi connectivity index (χ3n) is 4.12. The summed E-state index contributed by atoms with van der Waals surface area (Å²) in [6.07, 6.45) is 1.98. The Labute approximate surface area is 121 Å². The maximum absolute atomic E-state index is 12.0. The maximum Gasteiger partial charge on any atom is 0.328 e. The first-order valence-electron chi connectivity index (χ1n) is 6.72. The Hall–Kier alpha value is -1.30. The second-order valence-corrected chi connectivity index (χ2v) is 5.75. The van der Waals surface area contributed by atoms with Gasteiger partial charge in [-0.05, 0) is 30.5 Å². The van der Waals surface area contributed by atoms with Gasteiger partial charge in [0.15, 0.2) is 0 Å². The van der Waals surface area contributed by atoms with Gasteiger partial charge in [0.05, 0.1) is 23.2 Å². The molecule has 2 atom stereocenters. The molecule has 0 saturated carbocycles. The molecule has 2 heterocycles. The number of aryl methyl sites for hydroxylation is 2. The van der Waals surface area contributed by atoms with Gasteiger partial charge < -0.3 is 10.5 Å². The van der Waals surface area contributed by atoms with E-state index in [0.717, 1.165) is 36.0 Å². The average molecular weight is 296 g/mol. The molecule has 1 aromatic heterocycles. The van der Waals surface area contributed by atoms with Crippen LogP contribution in [0.2, 0.25) is 5.02 Å². The van der Waals surface area contributed by atoms with E-state index in [9.17, 15) is 4.79 Å². The number of hydrogen-bond acceptors (Lipinski definition) is 3. The quantitative estimate of drug-likeness (QED) is 0.917. The van der Waals surface area contributed by atoms with Crippen molar-refractivity contribution in [3.05, 3.63) is 33.2 Å². The molecule has 2 aromatic rings. The van der Waals surface area contributed by atoms with Crippen molar-refractivity contribution in [1.29, 1.82) is 0 Å². The lowest BCUT2D eigenvalue weighted by Crippen LogP contribution is -2.25. The fraction of sp³-hybridized carbons (Fsp3) is 0.500. The SMILES string of the molecule is Cn1c(=O)n(C)c2cc(C(N)C3CCCO3)c(Cl)cc21. The lowest BCUT2D eigenvalue weighted by Gasteiger charge is -2.20. The zero-order valence-corrected chi connectivity index (χ0v) is 12.4. The summed E-state index contributed by atoms with van der Waals surface area (Å²) in [6.45, 7) is 0.752. The maximum atomic E-state index is 12.0. The molecule has 2 N–H and O–H groups in total. The Morgan fingerprint density at radius 1 is 1.35 bits per heavy atom. The molecule has 5 nitrogen and oxygen atoms in total. The van der Waals surface area contributed by atoms with Gasteiger partial charge in [-0.2, -0.15) is 0 Å². The van der Waals surface area contributed by atoms with Crippen molar-refractivity contribution >= 4 is 22.6 Å². The van der Waals surface area contributed by atoms with E-state index in [2.05, 4.69) is 0 Å². The summed E-state index contributed by atoms with van der Waals surface area (Å²) in [5.74, 6) is 0. The van der Waals surface area contributed by atoms with E-state index in [4.69, 9.17) is 22.1 Å². The van der Waals surface area contributed by atoms with Crippen molar-refractivity contribution in [3.8, 4) is 0 Å². The van der Waals surface area contributed by atoms with Crippen molar-refractivity contribution in [2.24, 2.45) is 19.8 Å². The van der Waals surface area contributed by atoms with E-state index in [1.54, 1.807) is 23.2 Å². The molecule has 20 heavy (non-hydrogen) atoms. The van der Waals surface area contributed by atoms with Crippen LogP contribution in [0.25, 0.3) is 11.0 Å². The number of halogens is 1. The Morgan fingerprint density at radius 2 is 2.00 bits per heavy atom. The number of hydrogen-bond donors (Lipinski definition) is 1. The Bertz CT molecular complexity index is 713. The van der Waals surface area contributed by atoms with Gasteiger partial charge in [-0.25, -0.2) is 4.79 Å². The predicted octanol–water partition coefficient (Wildman–Crippen LogP) is 1.71. The highest BCUT2D eigenvalue weighted by Crippen LogP contribution is 2.32. The molecule has 1 aromatic carbocycles. The van der Waals surface area contributed by atoms with Crippen molar-refractivity contribution in [3.63, 3.8) is 0 Å². The molecular formula is C14H18ClN3O2. The normalized spacial score (nSPS) is 20.7. The predicted molar refractivity (Wildman–Crippen MR) is 79.1 cm³/mol. The number of nitrogens with zero attached hydrogens (tertiary/aromatic N) is 2. The molecule has 3 rings (SSSR count). The number of imidazole rings is 1. The zero-order chi connectivity index (χ0) is 14.4. The van der Waals surface area contributed by atoms with Crippen LogP contribution in [0.15, 0.2) is 16.9 Å². The van der Waals surface area contributed by atoms with Gasteiger partial charge in [0.2, 0.25) is 0 Å². The van der Waals surface area contributed by atoms with E-state index in [-0.39, 0.29) is 17.8 Å². The minimum absolute atomic E-state index is 0.00527. The van der Waals surface area contributed by atoms with Gasteiger partial charge >= 0.3 is 5.69 Å². The third kappa shape index (κ3) is 1.97. The summed E-state index contributed by atoms with van der Waals surface area (Å²) < 4.78 is 8.83. The molecule has 1 aliphatic heterocycles.